The minimum atomic E-state index is -1.24. The molecule has 1 aliphatic carbocycles. The van der Waals surface area contributed by atoms with Gasteiger partial charge in [-0.1, -0.05) is 49.4 Å². The van der Waals surface area contributed by atoms with E-state index in [2.05, 4.69) is 17.6 Å². The SMILES string of the molecule is Cc1ccc(C)c(NC(=O)C(OC(=O)CN2C(=O)NC3(CCC(C)CC3)C2=O)c2ccccc2)c1. The van der Waals surface area contributed by atoms with Crippen LogP contribution in [0.1, 0.15) is 55.4 Å². The molecule has 1 unspecified atom stereocenters. The highest BCUT2D eigenvalue weighted by atomic mass is 16.5. The average molecular weight is 478 g/mol. The fourth-order valence-electron chi connectivity index (χ4n) is 4.68. The van der Waals surface area contributed by atoms with Crippen molar-refractivity contribution in [2.24, 2.45) is 5.92 Å². The zero-order valence-electron chi connectivity index (χ0n) is 20.3. The van der Waals surface area contributed by atoms with E-state index >= 15 is 0 Å². The summed E-state index contributed by atoms with van der Waals surface area (Å²) < 4.78 is 5.57. The number of ether oxygens (including phenoxy) is 1. The van der Waals surface area contributed by atoms with Gasteiger partial charge in [0, 0.05) is 11.3 Å². The van der Waals surface area contributed by atoms with E-state index < -0.39 is 42.0 Å². The van der Waals surface area contributed by atoms with Crippen LogP contribution in [0.5, 0.6) is 0 Å². The Labute approximate surface area is 205 Å². The Morgan fingerprint density at radius 3 is 2.49 bits per heavy atom. The zero-order valence-corrected chi connectivity index (χ0v) is 20.3. The highest BCUT2D eigenvalue weighted by molar-refractivity contribution is 6.09. The lowest BCUT2D eigenvalue weighted by molar-refractivity contribution is -0.156. The van der Waals surface area contributed by atoms with Crippen LogP contribution in [-0.4, -0.2) is 40.8 Å². The molecule has 2 aliphatic rings. The van der Waals surface area contributed by atoms with Gasteiger partial charge in [-0.3, -0.25) is 19.3 Å². The number of benzene rings is 2. The first-order valence-corrected chi connectivity index (χ1v) is 12.0. The Kier molecular flexibility index (Phi) is 6.91. The van der Waals surface area contributed by atoms with E-state index in [1.54, 1.807) is 30.3 Å². The van der Waals surface area contributed by atoms with Gasteiger partial charge in [0.15, 0.2) is 0 Å². The molecule has 2 aromatic rings. The van der Waals surface area contributed by atoms with E-state index in [9.17, 15) is 19.2 Å². The molecule has 8 heteroatoms. The van der Waals surface area contributed by atoms with Gasteiger partial charge in [-0.05, 0) is 62.6 Å². The van der Waals surface area contributed by atoms with Crippen LogP contribution in [0.2, 0.25) is 0 Å². The quantitative estimate of drug-likeness (QED) is 0.483. The summed E-state index contributed by atoms with van der Waals surface area (Å²) in [4.78, 5) is 52.7. The van der Waals surface area contributed by atoms with E-state index in [1.165, 1.54) is 0 Å². The molecule has 35 heavy (non-hydrogen) atoms. The highest BCUT2D eigenvalue weighted by Crippen LogP contribution is 2.36. The molecule has 0 aromatic heterocycles. The molecule has 1 saturated carbocycles. The molecule has 1 saturated heterocycles. The van der Waals surface area contributed by atoms with E-state index in [-0.39, 0.29) is 0 Å². The number of carbonyl (C=O) groups is 4. The van der Waals surface area contributed by atoms with Crippen LogP contribution in [0.3, 0.4) is 0 Å². The van der Waals surface area contributed by atoms with Crippen molar-refractivity contribution >= 4 is 29.5 Å². The summed E-state index contributed by atoms with van der Waals surface area (Å²) in [5, 5.41) is 5.64. The van der Waals surface area contributed by atoms with Crippen LogP contribution in [0.15, 0.2) is 48.5 Å². The second-order valence-corrected chi connectivity index (χ2v) is 9.67. The number of amides is 4. The standard InChI is InChI=1S/C27H31N3O5/c1-17-11-13-27(14-12-17)25(33)30(26(34)29-27)16-22(31)35-23(20-7-5-4-6-8-20)24(32)28-21-15-18(2)9-10-19(21)3/h4-10,15,17,23H,11-14,16H2,1-3H3,(H,28,32)(H,29,34). The highest BCUT2D eigenvalue weighted by Gasteiger charge is 2.52. The number of urea groups is 1. The monoisotopic (exact) mass is 477 g/mol. The number of rotatable bonds is 6. The summed E-state index contributed by atoms with van der Waals surface area (Å²) in [5.41, 5.74) is 2.01. The lowest BCUT2D eigenvalue weighted by Crippen LogP contribution is -2.49. The van der Waals surface area contributed by atoms with Gasteiger partial charge in [0.1, 0.15) is 12.1 Å². The normalized spacial score (nSPS) is 22.6. The third-order valence-corrected chi connectivity index (χ3v) is 6.90. The molecule has 1 spiro atoms. The largest absolute Gasteiger partial charge is 0.446 e. The molecule has 0 bridgehead atoms. The Hall–Kier alpha value is -3.68. The predicted octanol–water partition coefficient (Wildman–Crippen LogP) is 4.03. The van der Waals surface area contributed by atoms with Crippen molar-refractivity contribution in [1.82, 2.24) is 10.2 Å². The molecular weight excluding hydrogens is 446 g/mol. The van der Waals surface area contributed by atoms with Crippen molar-refractivity contribution in [3.8, 4) is 0 Å². The lowest BCUT2D eigenvalue weighted by Gasteiger charge is -2.33. The first kappa shape index (κ1) is 24.4. The van der Waals surface area contributed by atoms with Gasteiger partial charge < -0.3 is 15.4 Å². The fourth-order valence-corrected chi connectivity index (χ4v) is 4.68. The van der Waals surface area contributed by atoms with Crippen LogP contribution >= 0.6 is 0 Å². The molecule has 2 aromatic carbocycles. The number of nitrogens with one attached hydrogen (secondary N) is 2. The molecule has 1 atom stereocenters. The number of anilines is 1. The second kappa shape index (κ2) is 9.90. The first-order chi connectivity index (χ1) is 16.7. The maximum atomic E-state index is 13.2. The Bertz CT molecular complexity index is 1140. The molecule has 2 N–H and O–H groups in total. The Morgan fingerprint density at radius 1 is 1.11 bits per heavy atom. The van der Waals surface area contributed by atoms with Crippen LogP contribution < -0.4 is 10.6 Å². The number of hydrogen-bond donors (Lipinski definition) is 2. The number of aryl methyl sites for hydroxylation is 2. The summed E-state index contributed by atoms with van der Waals surface area (Å²) in [7, 11) is 0. The fraction of sp³-hybridized carbons (Fsp3) is 0.407. The molecular formula is C27H31N3O5. The number of nitrogens with zero attached hydrogens (tertiary/aromatic N) is 1. The van der Waals surface area contributed by atoms with Gasteiger partial charge in [-0.15, -0.1) is 0 Å². The summed E-state index contributed by atoms with van der Waals surface area (Å²) in [6, 6.07) is 13.7. The third kappa shape index (κ3) is 5.21. The molecule has 0 radical (unpaired) electrons. The van der Waals surface area contributed by atoms with Gasteiger partial charge in [-0.2, -0.15) is 0 Å². The maximum absolute atomic E-state index is 13.2. The number of hydrogen-bond acceptors (Lipinski definition) is 5. The minimum Gasteiger partial charge on any atom is -0.446 e. The molecule has 2 fully saturated rings. The second-order valence-electron chi connectivity index (χ2n) is 9.67. The van der Waals surface area contributed by atoms with Crippen molar-refractivity contribution in [3.63, 3.8) is 0 Å². The molecule has 8 nitrogen and oxygen atoms in total. The topological polar surface area (TPSA) is 105 Å². The van der Waals surface area contributed by atoms with Crippen molar-refractivity contribution in [2.45, 2.75) is 58.1 Å². The smallest absolute Gasteiger partial charge is 0.327 e. The van der Waals surface area contributed by atoms with Gasteiger partial charge in [-0.25, -0.2) is 4.79 Å². The number of esters is 1. The van der Waals surface area contributed by atoms with E-state index in [0.717, 1.165) is 28.9 Å². The Morgan fingerprint density at radius 2 is 1.80 bits per heavy atom. The van der Waals surface area contributed by atoms with Gasteiger partial charge in [0.05, 0.1) is 0 Å². The van der Waals surface area contributed by atoms with Crippen molar-refractivity contribution in [3.05, 3.63) is 65.2 Å². The van der Waals surface area contributed by atoms with Gasteiger partial charge >= 0.3 is 12.0 Å². The molecule has 4 amide bonds. The Balaban J connectivity index is 1.49. The van der Waals surface area contributed by atoms with Crippen molar-refractivity contribution in [1.29, 1.82) is 0 Å². The van der Waals surface area contributed by atoms with Crippen LogP contribution in [0.4, 0.5) is 10.5 Å². The van der Waals surface area contributed by atoms with E-state index in [1.807, 2.05) is 32.0 Å². The molecule has 1 aliphatic heterocycles. The van der Waals surface area contributed by atoms with Crippen LogP contribution in [-0.2, 0) is 19.1 Å². The van der Waals surface area contributed by atoms with Crippen LogP contribution in [0.25, 0.3) is 0 Å². The van der Waals surface area contributed by atoms with E-state index in [4.69, 9.17) is 4.74 Å². The maximum Gasteiger partial charge on any atom is 0.327 e. The lowest BCUT2D eigenvalue weighted by atomic mass is 9.77. The minimum absolute atomic E-state index is 0.401. The van der Waals surface area contributed by atoms with Crippen molar-refractivity contribution < 1.29 is 23.9 Å². The first-order valence-electron chi connectivity index (χ1n) is 12.0. The number of carbonyl (C=O) groups excluding carboxylic acids is 4. The molecule has 1 heterocycles. The van der Waals surface area contributed by atoms with Gasteiger partial charge in [0.25, 0.3) is 11.8 Å². The summed E-state index contributed by atoms with van der Waals surface area (Å²) >= 11 is 0. The molecule has 184 valence electrons. The van der Waals surface area contributed by atoms with Crippen LogP contribution in [0, 0.1) is 19.8 Å². The summed E-state index contributed by atoms with van der Waals surface area (Å²) in [6.07, 6.45) is 1.52. The van der Waals surface area contributed by atoms with Gasteiger partial charge in [0.2, 0.25) is 6.10 Å². The van der Waals surface area contributed by atoms with Crippen molar-refractivity contribution in [2.75, 3.05) is 11.9 Å². The predicted molar refractivity (Wildman–Crippen MR) is 130 cm³/mol. The average Bonchev–Trinajstić information content (AvgIpc) is 3.06. The number of imide groups is 1. The zero-order chi connectivity index (χ0) is 25.2. The van der Waals surface area contributed by atoms with E-state index in [0.29, 0.717) is 30.0 Å². The summed E-state index contributed by atoms with van der Waals surface area (Å²) in [6.45, 7) is 5.36. The third-order valence-electron chi connectivity index (χ3n) is 6.90. The molecule has 4 rings (SSSR count). The summed E-state index contributed by atoms with van der Waals surface area (Å²) in [5.74, 6) is -1.26.